The molecule has 0 aromatic heterocycles. The van der Waals surface area contributed by atoms with Crippen LogP contribution >= 0.6 is 23.4 Å². The molecule has 1 fully saturated rings. The van der Waals surface area contributed by atoms with Gasteiger partial charge in [0.05, 0.1) is 4.91 Å². The van der Waals surface area contributed by atoms with Gasteiger partial charge in [-0.05, 0) is 43.3 Å². The molecule has 1 aromatic carbocycles. The minimum absolute atomic E-state index is 0.0330. The number of benzene rings is 1. The molecule has 0 N–H and O–H groups in total. The highest BCUT2D eigenvalue weighted by atomic mass is 35.5. The van der Waals surface area contributed by atoms with Crippen molar-refractivity contribution in [3.63, 3.8) is 0 Å². The monoisotopic (exact) mass is 320 g/mol. The predicted octanol–water partition coefficient (Wildman–Crippen LogP) is 4.12. The summed E-state index contributed by atoms with van der Waals surface area (Å²) in [5, 5.41) is 1.28. The van der Waals surface area contributed by atoms with Crippen molar-refractivity contribution >= 4 is 40.5 Å². The van der Waals surface area contributed by atoms with Gasteiger partial charge in [0.25, 0.3) is 5.91 Å². The van der Waals surface area contributed by atoms with Crippen molar-refractivity contribution in [3.05, 3.63) is 51.9 Å². The Hall–Kier alpha value is -1.52. The van der Waals surface area contributed by atoms with Gasteiger partial charge in [-0.3, -0.25) is 14.7 Å². The minimum atomic E-state index is -0.0330. The van der Waals surface area contributed by atoms with Crippen molar-refractivity contribution in [1.29, 1.82) is 0 Å². The van der Waals surface area contributed by atoms with E-state index in [1.54, 1.807) is 11.0 Å². The quantitative estimate of drug-likeness (QED) is 0.782. The first-order valence-electron chi connectivity index (χ1n) is 6.83. The predicted molar refractivity (Wildman–Crippen MR) is 91.3 cm³/mol. The number of rotatable bonds is 4. The highest BCUT2D eigenvalue weighted by Gasteiger charge is 2.31. The summed E-state index contributed by atoms with van der Waals surface area (Å²) >= 11 is 7.61. The van der Waals surface area contributed by atoms with E-state index in [0.29, 0.717) is 23.0 Å². The average molecular weight is 321 g/mol. The summed E-state index contributed by atoms with van der Waals surface area (Å²) < 4.78 is 0. The van der Waals surface area contributed by atoms with Crippen LogP contribution < -0.4 is 0 Å². The van der Waals surface area contributed by atoms with Crippen LogP contribution in [-0.4, -0.2) is 29.1 Å². The lowest BCUT2D eigenvalue weighted by Crippen LogP contribution is -2.28. The maximum atomic E-state index is 12.3. The maximum absolute atomic E-state index is 12.3. The summed E-state index contributed by atoms with van der Waals surface area (Å²) in [7, 11) is 0. The molecule has 0 radical (unpaired) electrons. The molecule has 21 heavy (non-hydrogen) atoms. The fraction of sp³-hybridized carbons (Fsp3) is 0.250. The fourth-order valence-electron chi connectivity index (χ4n) is 1.92. The zero-order valence-electron chi connectivity index (χ0n) is 12.0. The Morgan fingerprint density at radius 2 is 2.05 bits per heavy atom. The molecule has 0 spiro atoms. The molecular weight excluding hydrogens is 304 g/mol. The molecule has 0 atom stereocenters. The number of nitrogens with zero attached hydrogens (tertiary/aromatic N) is 2. The van der Waals surface area contributed by atoms with Crippen LogP contribution in [0.1, 0.15) is 19.4 Å². The Kier molecular flexibility index (Phi) is 5.65. The highest BCUT2D eigenvalue weighted by molar-refractivity contribution is 8.18. The maximum Gasteiger partial charge on any atom is 0.266 e. The number of likely N-dealkylation sites (N-methyl/N-ethyl adjacent to an activating group) is 1. The van der Waals surface area contributed by atoms with Crippen molar-refractivity contribution in [2.75, 3.05) is 13.1 Å². The zero-order valence-corrected chi connectivity index (χ0v) is 13.6. The molecular formula is C16H17ClN2OS. The van der Waals surface area contributed by atoms with Gasteiger partial charge in [-0.1, -0.05) is 41.9 Å². The molecule has 1 heterocycles. The first-order chi connectivity index (χ1) is 10.2. The fourth-order valence-corrected chi connectivity index (χ4v) is 3.31. The number of aliphatic imine (C=N–C) groups is 1. The van der Waals surface area contributed by atoms with Gasteiger partial charge >= 0.3 is 0 Å². The van der Waals surface area contributed by atoms with Gasteiger partial charge in [-0.25, -0.2) is 0 Å². The molecule has 3 nitrogen and oxygen atoms in total. The summed E-state index contributed by atoms with van der Waals surface area (Å²) in [6.45, 7) is 5.17. The zero-order chi connectivity index (χ0) is 15.2. The Bertz CT molecular complexity index is 608. The van der Waals surface area contributed by atoms with E-state index in [-0.39, 0.29) is 5.91 Å². The molecule has 1 aromatic rings. The second-order valence-electron chi connectivity index (χ2n) is 4.36. The second kappa shape index (κ2) is 7.48. The number of amides is 1. The molecule has 1 aliphatic rings. The number of halogens is 1. The molecule has 0 saturated carbocycles. The van der Waals surface area contributed by atoms with E-state index < -0.39 is 0 Å². The lowest BCUT2D eigenvalue weighted by Gasteiger charge is -2.11. The Balaban J connectivity index is 2.23. The van der Waals surface area contributed by atoms with Gasteiger partial charge in [-0.15, -0.1) is 0 Å². The number of thioether (sulfide) groups is 1. The standard InChI is InChI=1S/C16H17ClN2OS/c1-3-18-16-19(4-2)15(20)14(21-16)11-13(17)10-12-8-6-5-7-9-12/h5-11H,3-4H2,1-2H3/b13-10-,14-11-,18-16?. The minimum Gasteiger partial charge on any atom is -0.287 e. The number of allylic oxidation sites excluding steroid dienone is 2. The molecule has 1 saturated heterocycles. The summed E-state index contributed by atoms with van der Waals surface area (Å²) in [5.41, 5.74) is 1.00. The third kappa shape index (κ3) is 3.99. The van der Waals surface area contributed by atoms with Crippen molar-refractivity contribution in [3.8, 4) is 0 Å². The van der Waals surface area contributed by atoms with Gasteiger partial charge in [-0.2, -0.15) is 0 Å². The number of hydrogen-bond donors (Lipinski definition) is 0. The number of carbonyl (C=O) groups is 1. The van der Waals surface area contributed by atoms with E-state index in [0.717, 1.165) is 10.7 Å². The Morgan fingerprint density at radius 3 is 2.67 bits per heavy atom. The van der Waals surface area contributed by atoms with Crippen molar-refractivity contribution < 1.29 is 4.79 Å². The van der Waals surface area contributed by atoms with Crippen LogP contribution in [0.4, 0.5) is 0 Å². The Morgan fingerprint density at radius 1 is 1.33 bits per heavy atom. The highest BCUT2D eigenvalue weighted by Crippen LogP contribution is 2.32. The summed E-state index contributed by atoms with van der Waals surface area (Å²) in [4.78, 5) is 18.9. The topological polar surface area (TPSA) is 32.7 Å². The SMILES string of the molecule is CCN=C1S/C(=C\C(Cl)=C\c2ccccc2)C(=O)N1CC. The van der Waals surface area contributed by atoms with E-state index in [9.17, 15) is 4.79 Å². The van der Waals surface area contributed by atoms with Crippen LogP contribution in [0.3, 0.4) is 0 Å². The molecule has 1 amide bonds. The largest absolute Gasteiger partial charge is 0.287 e. The first-order valence-corrected chi connectivity index (χ1v) is 8.03. The van der Waals surface area contributed by atoms with Crippen LogP contribution in [-0.2, 0) is 4.79 Å². The van der Waals surface area contributed by atoms with Crippen molar-refractivity contribution in [2.24, 2.45) is 4.99 Å². The molecule has 0 aliphatic carbocycles. The van der Waals surface area contributed by atoms with Crippen LogP contribution in [0.5, 0.6) is 0 Å². The van der Waals surface area contributed by atoms with E-state index in [1.807, 2.05) is 50.3 Å². The van der Waals surface area contributed by atoms with Gasteiger partial charge in [0.15, 0.2) is 5.17 Å². The molecule has 0 unspecified atom stereocenters. The smallest absolute Gasteiger partial charge is 0.266 e. The first kappa shape index (κ1) is 15.9. The van der Waals surface area contributed by atoms with E-state index in [2.05, 4.69) is 4.99 Å². The Labute approximate surface area is 134 Å². The summed E-state index contributed by atoms with van der Waals surface area (Å²) in [6, 6.07) is 9.78. The lowest BCUT2D eigenvalue weighted by molar-refractivity contribution is -0.122. The molecule has 1 aliphatic heterocycles. The molecule has 110 valence electrons. The van der Waals surface area contributed by atoms with Gasteiger partial charge in [0, 0.05) is 18.1 Å². The van der Waals surface area contributed by atoms with Gasteiger partial charge in [0.2, 0.25) is 0 Å². The van der Waals surface area contributed by atoms with Crippen molar-refractivity contribution in [1.82, 2.24) is 4.90 Å². The number of hydrogen-bond acceptors (Lipinski definition) is 3. The number of amidine groups is 1. The average Bonchev–Trinajstić information content (AvgIpc) is 2.76. The van der Waals surface area contributed by atoms with Crippen LogP contribution in [0.25, 0.3) is 6.08 Å². The summed E-state index contributed by atoms with van der Waals surface area (Å²) in [6.07, 6.45) is 3.55. The molecule has 0 bridgehead atoms. The van der Waals surface area contributed by atoms with Crippen LogP contribution in [0.2, 0.25) is 0 Å². The van der Waals surface area contributed by atoms with Crippen molar-refractivity contribution in [2.45, 2.75) is 13.8 Å². The van der Waals surface area contributed by atoms with Crippen LogP contribution in [0, 0.1) is 0 Å². The summed E-state index contributed by atoms with van der Waals surface area (Å²) in [5.74, 6) is -0.0330. The van der Waals surface area contributed by atoms with E-state index in [4.69, 9.17) is 11.6 Å². The molecule has 5 heteroatoms. The third-order valence-corrected chi connectivity index (χ3v) is 4.13. The lowest BCUT2D eigenvalue weighted by atomic mass is 10.2. The van der Waals surface area contributed by atoms with Gasteiger partial charge < -0.3 is 0 Å². The number of carbonyl (C=O) groups excluding carboxylic acids is 1. The van der Waals surface area contributed by atoms with E-state index in [1.165, 1.54) is 11.8 Å². The van der Waals surface area contributed by atoms with E-state index >= 15 is 0 Å². The normalized spacial score (nSPS) is 19.9. The second-order valence-corrected chi connectivity index (χ2v) is 5.80. The molecule has 2 rings (SSSR count). The third-order valence-electron chi connectivity index (χ3n) is 2.87. The van der Waals surface area contributed by atoms with Gasteiger partial charge in [0.1, 0.15) is 0 Å². The van der Waals surface area contributed by atoms with Crippen LogP contribution in [0.15, 0.2) is 51.3 Å².